The maximum Gasteiger partial charge on any atom is 0.410 e. The maximum absolute atomic E-state index is 15.2. The predicted octanol–water partition coefficient (Wildman–Crippen LogP) is 5.48. The van der Waals surface area contributed by atoms with Crippen LogP contribution in [0.3, 0.4) is 0 Å². The summed E-state index contributed by atoms with van der Waals surface area (Å²) in [5, 5.41) is 5.69. The number of carbonyl (C=O) groups excluding carboxylic acids is 2. The van der Waals surface area contributed by atoms with Gasteiger partial charge in [0.15, 0.2) is 17.3 Å². The first-order chi connectivity index (χ1) is 20.3. The van der Waals surface area contributed by atoms with Gasteiger partial charge in [0.25, 0.3) is 0 Å². The molecule has 4 N–H and O–H groups in total. The molecule has 1 unspecified atom stereocenters. The molecule has 43 heavy (non-hydrogen) atoms. The van der Waals surface area contributed by atoms with Gasteiger partial charge in [-0.15, -0.1) is 0 Å². The lowest BCUT2D eigenvalue weighted by atomic mass is 9.85. The van der Waals surface area contributed by atoms with E-state index < -0.39 is 41.2 Å². The maximum atomic E-state index is 15.2. The summed E-state index contributed by atoms with van der Waals surface area (Å²) in [5.41, 5.74) is 5.10. The summed E-state index contributed by atoms with van der Waals surface area (Å²) in [7, 11) is 0. The number of ether oxygens (including phenoxy) is 1. The first-order valence-electron chi connectivity index (χ1n) is 14.1. The van der Waals surface area contributed by atoms with E-state index >= 15 is 4.39 Å². The summed E-state index contributed by atoms with van der Waals surface area (Å²) in [6.07, 6.45) is 1.89. The molecule has 1 saturated carbocycles. The second-order valence-electron chi connectivity index (χ2n) is 12.0. The van der Waals surface area contributed by atoms with Crippen LogP contribution in [0.4, 0.5) is 35.5 Å². The highest BCUT2D eigenvalue weighted by Crippen LogP contribution is 2.38. The molecule has 1 aliphatic carbocycles. The van der Waals surface area contributed by atoms with Crippen molar-refractivity contribution in [1.29, 1.82) is 0 Å². The molecular formula is C28H34ClF3N8O3. The quantitative estimate of drug-likeness (QED) is 0.328. The molecule has 11 nitrogen and oxygen atoms in total. The summed E-state index contributed by atoms with van der Waals surface area (Å²) in [4.78, 5) is 38.9. The zero-order valence-corrected chi connectivity index (χ0v) is 24.8. The molecule has 15 heteroatoms. The number of nitrogens with one attached hydrogen (secondary N) is 2. The van der Waals surface area contributed by atoms with E-state index in [1.165, 1.54) is 11.1 Å². The van der Waals surface area contributed by atoms with Crippen LogP contribution in [0.2, 0.25) is 5.02 Å². The Hall–Kier alpha value is -3.81. The fourth-order valence-corrected chi connectivity index (χ4v) is 5.70. The monoisotopic (exact) mass is 622 g/mol. The van der Waals surface area contributed by atoms with Crippen molar-refractivity contribution < 1.29 is 27.5 Å². The highest BCUT2D eigenvalue weighted by atomic mass is 35.5. The number of nitrogens with two attached hydrogens (primary N) is 1. The number of imidazole rings is 1. The molecule has 2 amide bonds. The van der Waals surface area contributed by atoms with E-state index in [1.807, 2.05) is 0 Å². The Kier molecular flexibility index (Phi) is 8.59. The number of aromatic nitrogens is 4. The van der Waals surface area contributed by atoms with E-state index in [2.05, 4.69) is 25.6 Å². The standard InChI is InChI=1S/C28H34ClF3N8O3/c1-28(2,3)43-27(42)39-9-8-20(19(32)13-39)35-25-34-12-21-24(38-25)40(16-6-4-14(5-7-16)23(33)41)26(36-21)37-22-17(30)10-15(29)11-18(22)31/h10-12,14,16,19-20H,4-9,13H2,1-3H3,(H2,33,41)(H,36,37)(H,34,35,38)/t14?,16?,19?,20-/m0/s1. The lowest BCUT2D eigenvalue weighted by molar-refractivity contribution is -0.122. The van der Waals surface area contributed by atoms with Gasteiger partial charge in [-0.3, -0.25) is 9.36 Å². The number of alkyl halides is 1. The van der Waals surface area contributed by atoms with Crippen LogP contribution in [0, 0.1) is 17.6 Å². The van der Waals surface area contributed by atoms with Crippen molar-refractivity contribution in [3.8, 4) is 0 Å². The summed E-state index contributed by atoms with van der Waals surface area (Å²) < 4.78 is 51.7. The Morgan fingerprint density at radius 2 is 1.77 bits per heavy atom. The number of piperidine rings is 1. The van der Waals surface area contributed by atoms with Gasteiger partial charge in [-0.25, -0.2) is 27.9 Å². The molecule has 0 spiro atoms. The van der Waals surface area contributed by atoms with Crippen molar-refractivity contribution in [1.82, 2.24) is 24.4 Å². The largest absolute Gasteiger partial charge is 0.444 e. The van der Waals surface area contributed by atoms with Crippen LogP contribution in [0.5, 0.6) is 0 Å². The zero-order valence-electron chi connectivity index (χ0n) is 24.0. The Morgan fingerprint density at radius 3 is 2.37 bits per heavy atom. The van der Waals surface area contributed by atoms with E-state index in [4.69, 9.17) is 22.1 Å². The first kappa shape index (κ1) is 30.6. The number of hydrogen-bond acceptors (Lipinski definition) is 8. The molecule has 1 saturated heterocycles. The molecule has 232 valence electrons. The number of carbonyl (C=O) groups is 2. The smallest absolute Gasteiger partial charge is 0.410 e. The molecule has 2 fully saturated rings. The topological polar surface area (TPSA) is 140 Å². The summed E-state index contributed by atoms with van der Waals surface area (Å²) >= 11 is 5.79. The fraction of sp³-hybridized carbons (Fsp3) is 0.536. The zero-order chi connectivity index (χ0) is 31.1. The van der Waals surface area contributed by atoms with E-state index in [9.17, 15) is 18.4 Å². The normalized spacial score (nSPS) is 22.8. The minimum absolute atomic E-state index is 0.0940. The molecular weight excluding hydrogens is 589 g/mol. The van der Waals surface area contributed by atoms with E-state index in [0.717, 1.165) is 12.1 Å². The van der Waals surface area contributed by atoms with Crippen LogP contribution in [0.25, 0.3) is 11.2 Å². The molecule has 1 aromatic carbocycles. The minimum Gasteiger partial charge on any atom is -0.444 e. The molecule has 3 heterocycles. The number of anilines is 3. The first-order valence-corrected chi connectivity index (χ1v) is 14.5. The molecule has 0 radical (unpaired) electrons. The van der Waals surface area contributed by atoms with Crippen molar-refractivity contribution in [2.75, 3.05) is 23.7 Å². The number of nitrogens with zero attached hydrogens (tertiary/aromatic N) is 5. The lowest BCUT2D eigenvalue weighted by Gasteiger charge is -2.35. The van der Waals surface area contributed by atoms with Crippen LogP contribution < -0.4 is 16.4 Å². The van der Waals surface area contributed by atoms with Gasteiger partial charge in [0.05, 0.1) is 18.8 Å². The summed E-state index contributed by atoms with van der Waals surface area (Å²) in [6, 6.07) is 1.08. The predicted molar refractivity (Wildman–Crippen MR) is 155 cm³/mol. The van der Waals surface area contributed by atoms with Crippen molar-refractivity contribution in [2.24, 2.45) is 11.7 Å². The van der Waals surface area contributed by atoms with E-state index in [-0.39, 0.29) is 47.9 Å². The van der Waals surface area contributed by atoms with Crippen molar-refractivity contribution in [3.05, 3.63) is 35.0 Å². The molecule has 0 bridgehead atoms. The van der Waals surface area contributed by atoms with Gasteiger partial charge in [-0.05, 0) is 65.0 Å². The van der Waals surface area contributed by atoms with Crippen LogP contribution in [-0.2, 0) is 9.53 Å². The minimum atomic E-state index is -1.41. The van der Waals surface area contributed by atoms with Crippen molar-refractivity contribution in [2.45, 2.75) is 76.7 Å². The number of rotatable bonds is 6. The number of halogens is 4. The number of hydrogen-bond donors (Lipinski definition) is 3. The number of amides is 2. The molecule has 2 aliphatic rings. The van der Waals surface area contributed by atoms with Gasteiger partial charge in [-0.1, -0.05) is 11.6 Å². The molecule has 1 aliphatic heterocycles. The van der Waals surface area contributed by atoms with Gasteiger partial charge >= 0.3 is 6.09 Å². The van der Waals surface area contributed by atoms with Gasteiger partial charge in [0, 0.05) is 23.5 Å². The van der Waals surface area contributed by atoms with E-state index in [0.29, 0.717) is 43.3 Å². The highest BCUT2D eigenvalue weighted by Gasteiger charge is 2.35. The average Bonchev–Trinajstić information content (AvgIpc) is 3.28. The van der Waals surface area contributed by atoms with Crippen LogP contribution >= 0.6 is 11.6 Å². The summed E-state index contributed by atoms with van der Waals surface area (Å²) in [6.45, 7) is 5.37. The Balaban J connectivity index is 1.41. The molecule has 2 aromatic heterocycles. The second-order valence-corrected chi connectivity index (χ2v) is 12.4. The molecule has 5 rings (SSSR count). The molecule has 3 aromatic rings. The van der Waals surface area contributed by atoms with Crippen LogP contribution in [-0.4, -0.2) is 67.3 Å². The molecule has 2 atom stereocenters. The fourth-order valence-electron chi connectivity index (χ4n) is 5.51. The SMILES string of the molecule is CC(C)(C)OC(=O)N1CC[C@H](Nc2ncc3nc(Nc4c(F)cc(Cl)cc4F)n(C4CCC(C(N)=O)CC4)c3n2)C(F)C1. The van der Waals surface area contributed by atoms with Gasteiger partial charge in [0.1, 0.15) is 23.0 Å². The van der Waals surface area contributed by atoms with Crippen LogP contribution in [0.15, 0.2) is 18.3 Å². The van der Waals surface area contributed by atoms with E-state index in [1.54, 1.807) is 25.3 Å². The Labute approximate surface area is 251 Å². The van der Waals surface area contributed by atoms with Crippen molar-refractivity contribution in [3.63, 3.8) is 0 Å². The van der Waals surface area contributed by atoms with Crippen LogP contribution in [0.1, 0.15) is 58.9 Å². The Morgan fingerprint density at radius 1 is 1.09 bits per heavy atom. The van der Waals surface area contributed by atoms with Gasteiger partial charge in [0.2, 0.25) is 17.8 Å². The third-order valence-corrected chi connectivity index (χ3v) is 7.87. The third kappa shape index (κ3) is 6.89. The summed E-state index contributed by atoms with van der Waals surface area (Å²) in [5.74, 6) is -2.19. The number of benzene rings is 1. The van der Waals surface area contributed by atoms with Gasteiger partial charge in [-0.2, -0.15) is 4.98 Å². The third-order valence-electron chi connectivity index (χ3n) is 7.65. The lowest BCUT2D eigenvalue weighted by Crippen LogP contribution is -2.51. The van der Waals surface area contributed by atoms with Gasteiger partial charge < -0.3 is 26.0 Å². The number of primary amides is 1. The average molecular weight is 623 g/mol. The van der Waals surface area contributed by atoms with Crippen molar-refractivity contribution >= 4 is 52.3 Å². The second kappa shape index (κ2) is 12.1. The number of likely N-dealkylation sites (tertiary alicyclic amines) is 1. The highest BCUT2D eigenvalue weighted by molar-refractivity contribution is 6.30. The number of fused-ring (bicyclic) bond motifs is 1. The Bertz CT molecular complexity index is 1500.